The number of nitrogens with one attached hydrogen (secondary N) is 2. The molecule has 0 spiro atoms. The Hall–Kier alpha value is -3.20. The molecule has 37 heavy (non-hydrogen) atoms. The first kappa shape index (κ1) is 30.0. The third-order valence-electron chi connectivity index (χ3n) is 5.50. The number of carbonyl (C=O) groups excluding carboxylic acids is 3. The minimum Gasteiger partial charge on any atom is -0.497 e. The van der Waals surface area contributed by atoms with Crippen LogP contribution in [-0.2, 0) is 14.3 Å². The fraction of sp³-hybridized carbons (Fsp3) is 0.464. The Balaban J connectivity index is 2.39. The van der Waals surface area contributed by atoms with E-state index in [9.17, 15) is 14.4 Å². The van der Waals surface area contributed by atoms with Crippen LogP contribution in [-0.4, -0.2) is 60.6 Å². The average molecular weight is 530 g/mol. The lowest BCUT2D eigenvalue weighted by Crippen LogP contribution is -2.51. The molecule has 0 radical (unpaired) electrons. The summed E-state index contributed by atoms with van der Waals surface area (Å²) >= 11 is 1.57. The van der Waals surface area contributed by atoms with E-state index in [4.69, 9.17) is 9.47 Å². The van der Waals surface area contributed by atoms with Crippen LogP contribution in [0.1, 0.15) is 49.9 Å². The molecule has 0 heterocycles. The predicted molar refractivity (Wildman–Crippen MR) is 149 cm³/mol. The number of amides is 3. The molecule has 0 saturated carbocycles. The van der Waals surface area contributed by atoms with E-state index in [0.29, 0.717) is 29.2 Å². The molecule has 2 atom stereocenters. The van der Waals surface area contributed by atoms with Crippen LogP contribution in [0.2, 0.25) is 0 Å². The van der Waals surface area contributed by atoms with Crippen molar-refractivity contribution < 1.29 is 23.9 Å². The molecule has 0 aromatic heterocycles. The fourth-order valence-corrected chi connectivity index (χ4v) is 4.39. The van der Waals surface area contributed by atoms with Gasteiger partial charge in [0.1, 0.15) is 23.4 Å². The number of alkyl carbamates (subject to hydrolysis) is 1. The van der Waals surface area contributed by atoms with E-state index < -0.39 is 23.8 Å². The summed E-state index contributed by atoms with van der Waals surface area (Å²) in [4.78, 5) is 41.3. The molecule has 0 fully saturated rings. The van der Waals surface area contributed by atoms with E-state index >= 15 is 0 Å². The van der Waals surface area contributed by atoms with Gasteiger partial charge in [0.15, 0.2) is 0 Å². The molecule has 2 aromatic carbocycles. The number of hydrogen-bond acceptors (Lipinski definition) is 6. The van der Waals surface area contributed by atoms with Crippen LogP contribution >= 0.6 is 11.8 Å². The van der Waals surface area contributed by atoms with Crippen LogP contribution in [0.15, 0.2) is 42.5 Å². The Morgan fingerprint density at radius 1 is 1.03 bits per heavy atom. The summed E-state index contributed by atoms with van der Waals surface area (Å²) in [6.45, 7) is 9.18. The van der Waals surface area contributed by atoms with Crippen molar-refractivity contribution in [3.05, 3.63) is 59.2 Å². The number of nitrogens with zero attached hydrogens (tertiary/aromatic N) is 1. The fourth-order valence-electron chi connectivity index (χ4n) is 3.92. The number of aryl methyl sites for hydroxylation is 2. The molecule has 0 aliphatic carbocycles. The van der Waals surface area contributed by atoms with Crippen molar-refractivity contribution in [1.29, 1.82) is 0 Å². The topological polar surface area (TPSA) is 97.0 Å². The number of hydrogen-bond donors (Lipinski definition) is 2. The lowest BCUT2D eigenvalue weighted by Gasteiger charge is -2.32. The second-order valence-electron chi connectivity index (χ2n) is 9.97. The van der Waals surface area contributed by atoms with Crippen molar-refractivity contribution in [3.63, 3.8) is 0 Å². The maximum Gasteiger partial charge on any atom is 0.408 e. The van der Waals surface area contributed by atoms with Gasteiger partial charge in [0.2, 0.25) is 5.91 Å². The van der Waals surface area contributed by atoms with Gasteiger partial charge in [-0.15, -0.1) is 0 Å². The van der Waals surface area contributed by atoms with Crippen molar-refractivity contribution in [2.24, 2.45) is 0 Å². The van der Waals surface area contributed by atoms with Crippen molar-refractivity contribution in [2.45, 2.75) is 58.7 Å². The van der Waals surface area contributed by atoms with Crippen LogP contribution in [0.5, 0.6) is 5.75 Å². The minimum absolute atomic E-state index is 0.369. The zero-order chi connectivity index (χ0) is 27.8. The van der Waals surface area contributed by atoms with Gasteiger partial charge >= 0.3 is 6.09 Å². The molecule has 0 aliphatic rings. The molecular weight excluding hydrogens is 490 g/mol. The summed E-state index contributed by atoms with van der Waals surface area (Å²) in [7, 11) is 3.16. The maximum absolute atomic E-state index is 13.7. The van der Waals surface area contributed by atoms with Gasteiger partial charge in [-0.25, -0.2) is 4.79 Å². The Morgan fingerprint density at radius 3 is 2.14 bits per heavy atom. The Bertz CT molecular complexity index is 1060. The van der Waals surface area contributed by atoms with E-state index in [0.717, 1.165) is 11.1 Å². The molecule has 0 aliphatic heterocycles. The van der Waals surface area contributed by atoms with Crippen LogP contribution in [0.25, 0.3) is 0 Å². The minimum atomic E-state index is -0.926. The zero-order valence-electron chi connectivity index (χ0n) is 23.0. The molecule has 3 amide bonds. The molecular formula is C28H39N3O5S. The highest BCUT2D eigenvalue weighted by atomic mass is 32.2. The number of ether oxygens (including phenoxy) is 2. The summed E-state index contributed by atoms with van der Waals surface area (Å²) in [6.07, 6.45) is 1.65. The van der Waals surface area contributed by atoms with E-state index in [1.54, 1.807) is 71.0 Å². The van der Waals surface area contributed by atoms with E-state index in [1.807, 2.05) is 38.3 Å². The van der Waals surface area contributed by atoms with Crippen molar-refractivity contribution in [2.75, 3.05) is 31.5 Å². The van der Waals surface area contributed by atoms with E-state index in [2.05, 4.69) is 10.6 Å². The smallest absolute Gasteiger partial charge is 0.408 e. The number of rotatable bonds is 10. The van der Waals surface area contributed by atoms with Gasteiger partial charge in [0.25, 0.3) is 5.91 Å². The Kier molecular flexibility index (Phi) is 10.9. The molecule has 2 N–H and O–H groups in total. The highest BCUT2D eigenvalue weighted by molar-refractivity contribution is 7.98. The zero-order valence-corrected chi connectivity index (χ0v) is 23.8. The number of thioether (sulfide) groups is 1. The van der Waals surface area contributed by atoms with Crippen molar-refractivity contribution in [1.82, 2.24) is 10.2 Å². The van der Waals surface area contributed by atoms with Gasteiger partial charge in [-0.1, -0.05) is 29.3 Å². The van der Waals surface area contributed by atoms with Gasteiger partial charge in [0, 0.05) is 12.7 Å². The molecule has 0 saturated heterocycles. The number of likely N-dealkylation sites (N-methyl/N-ethyl adjacent to an activating group) is 1. The first-order valence-electron chi connectivity index (χ1n) is 12.1. The molecule has 9 heteroatoms. The summed E-state index contributed by atoms with van der Waals surface area (Å²) in [6, 6.07) is 11.0. The van der Waals surface area contributed by atoms with Crippen LogP contribution in [0, 0.1) is 13.8 Å². The summed E-state index contributed by atoms with van der Waals surface area (Å²) in [5.41, 5.74) is 2.50. The molecule has 2 aromatic rings. The first-order valence-corrected chi connectivity index (χ1v) is 13.5. The lowest BCUT2D eigenvalue weighted by molar-refractivity contribution is -0.139. The summed E-state index contributed by atoms with van der Waals surface area (Å²) in [5.74, 6) is 0.564. The average Bonchev–Trinajstić information content (AvgIpc) is 2.80. The second kappa shape index (κ2) is 13.4. The van der Waals surface area contributed by atoms with Crippen molar-refractivity contribution >= 4 is 35.4 Å². The van der Waals surface area contributed by atoms with Gasteiger partial charge in [-0.3, -0.25) is 9.59 Å². The van der Waals surface area contributed by atoms with Crippen LogP contribution in [0.3, 0.4) is 0 Å². The van der Waals surface area contributed by atoms with Crippen LogP contribution in [0.4, 0.5) is 10.5 Å². The number of anilines is 1. The molecule has 8 nitrogen and oxygen atoms in total. The summed E-state index contributed by atoms with van der Waals surface area (Å²) in [5, 5.41) is 5.62. The quantitative estimate of drug-likeness (QED) is 0.445. The van der Waals surface area contributed by atoms with Gasteiger partial charge in [0.05, 0.1) is 7.11 Å². The number of methoxy groups -OCH3 is 1. The molecule has 202 valence electrons. The van der Waals surface area contributed by atoms with Crippen molar-refractivity contribution in [3.8, 4) is 5.75 Å². The third kappa shape index (κ3) is 9.31. The van der Waals surface area contributed by atoms with E-state index in [-0.39, 0.29) is 11.8 Å². The first-order chi connectivity index (χ1) is 17.3. The normalized spacial score (nSPS) is 12.8. The summed E-state index contributed by atoms with van der Waals surface area (Å²) < 4.78 is 10.6. The van der Waals surface area contributed by atoms with Gasteiger partial charge in [-0.05, 0) is 82.9 Å². The molecule has 0 bridgehead atoms. The maximum atomic E-state index is 13.7. The Morgan fingerprint density at radius 2 is 1.62 bits per heavy atom. The van der Waals surface area contributed by atoms with Gasteiger partial charge in [-0.2, -0.15) is 11.8 Å². The molecule has 2 unspecified atom stereocenters. The number of benzene rings is 2. The lowest BCUT2D eigenvalue weighted by atomic mass is 9.98. The van der Waals surface area contributed by atoms with Gasteiger partial charge < -0.3 is 25.0 Å². The standard InChI is InChI=1S/C28H39N3O5S/c1-18-15-19(2)17-20(16-18)24(25(32)29-21-9-11-22(35-7)12-10-21)31(6)26(33)23(13-14-37-8)30-27(34)36-28(3,4)5/h9-12,15-17,23-24H,13-14H2,1-8H3,(H,29,32)(H,30,34). The highest BCUT2D eigenvalue weighted by Gasteiger charge is 2.34. The predicted octanol–water partition coefficient (Wildman–Crippen LogP) is 5.10. The number of carbonyl (C=O) groups is 3. The monoisotopic (exact) mass is 529 g/mol. The largest absolute Gasteiger partial charge is 0.497 e. The van der Waals surface area contributed by atoms with Crippen LogP contribution < -0.4 is 15.4 Å². The Labute approximate surface area is 224 Å². The third-order valence-corrected chi connectivity index (χ3v) is 6.14. The second-order valence-corrected chi connectivity index (χ2v) is 11.0. The SMILES string of the molecule is COc1ccc(NC(=O)C(c2cc(C)cc(C)c2)N(C)C(=O)C(CCSC)NC(=O)OC(C)(C)C)cc1. The highest BCUT2D eigenvalue weighted by Crippen LogP contribution is 2.26. The van der Waals surface area contributed by atoms with E-state index in [1.165, 1.54) is 4.90 Å². The molecule has 2 rings (SSSR count).